The third kappa shape index (κ3) is 5.12. The zero-order valence-corrected chi connectivity index (χ0v) is 5.74. The van der Waals surface area contributed by atoms with Crippen LogP contribution >= 0.6 is 39.3 Å². The lowest BCUT2D eigenvalue weighted by Gasteiger charge is -1.77. The van der Waals surface area contributed by atoms with Gasteiger partial charge in [0, 0.05) is 0 Å². The predicted molar refractivity (Wildman–Crippen MR) is 32.1 cm³/mol. The van der Waals surface area contributed by atoms with Gasteiger partial charge in [-0.05, 0) is 0 Å². The van der Waals surface area contributed by atoms with Crippen molar-refractivity contribution in [1.29, 1.82) is 0 Å². The molecular weight excluding hydrogens is 171 g/mol. The van der Waals surface area contributed by atoms with E-state index >= 15 is 0 Å². The van der Waals surface area contributed by atoms with Gasteiger partial charge in [0.2, 0.25) is 0 Å². The fourth-order valence-corrected chi connectivity index (χ4v) is 1.36. The van der Waals surface area contributed by atoms with E-state index in [1.807, 2.05) is 0 Å². The van der Waals surface area contributed by atoms with Crippen LogP contribution in [0.15, 0.2) is 0 Å². The smallest absolute Gasteiger partial charge is 0.0688 e. The molecule has 0 saturated heterocycles. The van der Waals surface area contributed by atoms with Crippen LogP contribution in [0.5, 0.6) is 0 Å². The molecule has 0 aliphatic heterocycles. The van der Waals surface area contributed by atoms with Crippen molar-refractivity contribution in [2.45, 2.75) is 0 Å². The van der Waals surface area contributed by atoms with Crippen LogP contribution in [0.2, 0.25) is 0 Å². The van der Waals surface area contributed by atoms with E-state index in [0.29, 0.717) is 5.21 Å². The molecule has 0 saturated carbocycles. The first-order valence-corrected chi connectivity index (χ1v) is 3.92. The second-order valence-electron chi connectivity index (χ2n) is 0.422. The third-order valence-corrected chi connectivity index (χ3v) is 1.90. The Morgan fingerprint density at radius 2 is 2.40 bits per heavy atom. The molecule has 0 atom stereocenters. The summed E-state index contributed by atoms with van der Waals surface area (Å²) in [5.74, 6) is 0. The van der Waals surface area contributed by atoms with Crippen molar-refractivity contribution >= 4 is 39.3 Å². The van der Waals surface area contributed by atoms with Gasteiger partial charge >= 0.3 is 0 Å². The lowest BCUT2D eigenvalue weighted by Crippen LogP contribution is -1.55. The average molecular weight is 175 g/mol. The normalized spacial score (nSPS) is 8.40. The van der Waals surface area contributed by atoms with Crippen molar-refractivity contribution in [3.8, 4) is 0 Å². The van der Waals surface area contributed by atoms with Crippen LogP contribution in [0, 0.1) is 0 Å². The number of hydrogen-bond donors (Lipinski definition) is 0. The van der Waals surface area contributed by atoms with E-state index in [2.05, 4.69) is 15.9 Å². The summed E-state index contributed by atoms with van der Waals surface area (Å²) < 4.78 is 0.941. The first kappa shape index (κ1) is 6.12. The molecule has 0 rings (SSSR count). The largest absolute Gasteiger partial charge is 0.134 e. The van der Waals surface area contributed by atoms with Crippen molar-refractivity contribution in [2.75, 3.05) is 9.87 Å². The van der Waals surface area contributed by atoms with Gasteiger partial charge in [-0.15, -0.1) is 23.4 Å². The Bertz CT molecular complexity index is 17.1. The van der Waals surface area contributed by atoms with E-state index in [-0.39, 0.29) is 0 Å². The van der Waals surface area contributed by atoms with Crippen LogP contribution in [0.1, 0.15) is 0 Å². The molecule has 0 aromatic rings. The number of thioether (sulfide) groups is 1. The highest BCUT2D eigenvalue weighted by molar-refractivity contribution is 9.11. The first-order valence-electron chi connectivity index (χ1n) is 1.11. The van der Waals surface area contributed by atoms with Gasteiger partial charge in [0.05, 0.1) is 9.87 Å². The van der Waals surface area contributed by atoms with Gasteiger partial charge in [-0.3, -0.25) is 0 Å². The molecule has 0 fully saturated rings. The molecule has 3 heteroatoms. The summed E-state index contributed by atoms with van der Waals surface area (Å²) in [6, 6.07) is 0. The molecule has 0 aliphatic rings. The summed E-state index contributed by atoms with van der Waals surface area (Å²) >= 11 is 10.1. The Hall–Kier alpha value is 1.12. The molecule has 0 aliphatic carbocycles. The van der Waals surface area contributed by atoms with Crippen molar-refractivity contribution in [2.24, 2.45) is 0 Å². The molecule has 32 valence electrons. The Morgan fingerprint density at radius 1 is 1.80 bits per heavy atom. The highest BCUT2D eigenvalue weighted by Crippen LogP contribution is 2.04. The molecule has 0 nitrogen and oxygen atoms in total. The zero-order valence-electron chi connectivity index (χ0n) is 2.58. The molecular formula is C2H4BrClS. The standard InChI is InChI=1S/C2H4BrClS/c3-1-5-2-4/h1-2H2. The monoisotopic (exact) mass is 174 g/mol. The Morgan fingerprint density at radius 3 is 2.40 bits per heavy atom. The molecule has 5 heavy (non-hydrogen) atoms. The molecule has 0 amide bonds. The van der Waals surface area contributed by atoms with Crippen molar-refractivity contribution in [1.82, 2.24) is 0 Å². The van der Waals surface area contributed by atoms with E-state index in [1.165, 1.54) is 0 Å². The van der Waals surface area contributed by atoms with Crippen molar-refractivity contribution < 1.29 is 0 Å². The summed E-state index contributed by atoms with van der Waals surface area (Å²) in [7, 11) is 0. The summed E-state index contributed by atoms with van der Waals surface area (Å²) in [6.07, 6.45) is 0. The topological polar surface area (TPSA) is 0 Å². The van der Waals surface area contributed by atoms with Gasteiger partial charge < -0.3 is 0 Å². The SMILES string of the molecule is ClCSCBr. The van der Waals surface area contributed by atoms with Gasteiger partial charge in [0.1, 0.15) is 0 Å². The number of alkyl halides is 2. The molecule has 0 heterocycles. The minimum atomic E-state index is 0.686. The minimum Gasteiger partial charge on any atom is -0.134 e. The second-order valence-corrected chi connectivity index (χ2v) is 3.30. The molecule has 0 radical (unpaired) electrons. The van der Waals surface area contributed by atoms with E-state index in [9.17, 15) is 0 Å². The number of rotatable bonds is 2. The molecule has 0 aromatic heterocycles. The average Bonchev–Trinajstić information content (AvgIpc) is 1.41. The van der Waals surface area contributed by atoms with Crippen LogP contribution in [0.25, 0.3) is 0 Å². The van der Waals surface area contributed by atoms with Crippen molar-refractivity contribution in [3.05, 3.63) is 0 Å². The van der Waals surface area contributed by atoms with E-state index in [4.69, 9.17) is 11.6 Å². The Labute approximate surface area is 49.4 Å². The maximum atomic E-state index is 5.23. The van der Waals surface area contributed by atoms with Gasteiger partial charge in [0.25, 0.3) is 0 Å². The van der Waals surface area contributed by atoms with E-state index in [1.54, 1.807) is 11.8 Å². The molecule has 0 bridgehead atoms. The quantitative estimate of drug-likeness (QED) is 0.580. The molecule has 0 spiro atoms. The lowest BCUT2D eigenvalue weighted by molar-refractivity contribution is 2.17. The van der Waals surface area contributed by atoms with E-state index < -0.39 is 0 Å². The fourth-order valence-electron chi connectivity index (χ4n) is 0.0292. The highest BCUT2D eigenvalue weighted by atomic mass is 79.9. The Balaban J connectivity index is 2.19. The van der Waals surface area contributed by atoms with Gasteiger partial charge in [-0.1, -0.05) is 15.9 Å². The van der Waals surface area contributed by atoms with Gasteiger partial charge in [0.15, 0.2) is 0 Å². The van der Waals surface area contributed by atoms with E-state index in [0.717, 1.165) is 4.66 Å². The third-order valence-electron chi connectivity index (χ3n) is 0.154. The maximum Gasteiger partial charge on any atom is 0.0688 e. The first-order chi connectivity index (χ1) is 2.41. The maximum absolute atomic E-state index is 5.23. The zero-order chi connectivity index (χ0) is 4.12. The molecule has 0 N–H and O–H groups in total. The second kappa shape index (κ2) is 5.12. The van der Waals surface area contributed by atoms with Crippen LogP contribution in [-0.4, -0.2) is 9.87 Å². The van der Waals surface area contributed by atoms with Crippen LogP contribution < -0.4 is 0 Å². The molecule has 0 aromatic carbocycles. The number of hydrogen-bond acceptors (Lipinski definition) is 1. The fraction of sp³-hybridized carbons (Fsp3) is 1.00. The van der Waals surface area contributed by atoms with Gasteiger partial charge in [-0.25, -0.2) is 0 Å². The summed E-state index contributed by atoms with van der Waals surface area (Å²) in [6.45, 7) is 0. The Kier molecular flexibility index (Phi) is 6.27. The number of halogens is 2. The lowest BCUT2D eigenvalue weighted by atomic mass is 11.9. The summed E-state index contributed by atoms with van der Waals surface area (Å²) in [5.41, 5.74) is 0. The van der Waals surface area contributed by atoms with Crippen LogP contribution in [-0.2, 0) is 0 Å². The van der Waals surface area contributed by atoms with Crippen LogP contribution in [0.4, 0.5) is 0 Å². The predicted octanol–water partition coefficient (Wildman–Crippen LogP) is 2.27. The van der Waals surface area contributed by atoms with Crippen molar-refractivity contribution in [3.63, 3.8) is 0 Å². The van der Waals surface area contributed by atoms with Crippen LogP contribution in [0.3, 0.4) is 0 Å². The van der Waals surface area contributed by atoms with Gasteiger partial charge in [-0.2, -0.15) is 0 Å². The minimum absolute atomic E-state index is 0.686. The highest BCUT2D eigenvalue weighted by Gasteiger charge is 1.71. The molecule has 0 unspecified atom stereocenters. The summed E-state index contributed by atoms with van der Waals surface area (Å²) in [5, 5.41) is 0.686. The summed E-state index contributed by atoms with van der Waals surface area (Å²) in [4.78, 5) is 0.